The molecule has 1 saturated heterocycles. The molecular formula is C17H23N3O3S. The Labute approximate surface area is 143 Å². The molecule has 130 valence electrons. The van der Waals surface area contributed by atoms with Gasteiger partial charge < -0.3 is 9.30 Å². The van der Waals surface area contributed by atoms with Crippen LogP contribution in [0.1, 0.15) is 18.4 Å². The number of benzene rings is 1. The van der Waals surface area contributed by atoms with Gasteiger partial charge in [0.1, 0.15) is 5.75 Å². The molecule has 7 heteroatoms. The molecule has 1 aromatic heterocycles. The van der Waals surface area contributed by atoms with Crippen LogP contribution in [0.2, 0.25) is 0 Å². The number of methoxy groups -OCH3 is 1. The number of para-hydroxylation sites is 1. The lowest BCUT2D eigenvalue weighted by Gasteiger charge is -2.30. The highest BCUT2D eigenvalue weighted by atomic mass is 32.2. The van der Waals surface area contributed by atoms with Gasteiger partial charge >= 0.3 is 0 Å². The first-order chi connectivity index (χ1) is 11.5. The number of piperidine rings is 1. The summed E-state index contributed by atoms with van der Waals surface area (Å²) in [6.45, 7) is 1.08. The number of hydrogen-bond donors (Lipinski definition) is 0. The molecule has 2 aromatic rings. The van der Waals surface area contributed by atoms with Gasteiger partial charge in [0.15, 0.2) is 5.03 Å². The van der Waals surface area contributed by atoms with Gasteiger partial charge in [0.05, 0.1) is 13.4 Å². The smallest absolute Gasteiger partial charge is 0.262 e. The summed E-state index contributed by atoms with van der Waals surface area (Å²) >= 11 is 0. The number of aromatic nitrogens is 2. The zero-order valence-corrected chi connectivity index (χ0v) is 14.9. The second-order valence-corrected chi connectivity index (χ2v) is 8.13. The molecule has 0 saturated carbocycles. The number of rotatable bonds is 5. The monoisotopic (exact) mass is 349 g/mol. The van der Waals surface area contributed by atoms with E-state index >= 15 is 0 Å². The number of ether oxygens (including phenoxy) is 1. The lowest BCUT2D eigenvalue weighted by Crippen LogP contribution is -2.39. The van der Waals surface area contributed by atoms with Crippen molar-refractivity contribution in [2.24, 2.45) is 13.0 Å². The van der Waals surface area contributed by atoms with Crippen LogP contribution in [0.4, 0.5) is 0 Å². The SMILES string of the molecule is COc1ccccc1CC1CCN(S(=O)(=O)c2cn(C)cn2)CC1. The number of sulfonamides is 1. The number of nitrogens with zero attached hydrogens (tertiary/aromatic N) is 3. The Kier molecular flexibility index (Phi) is 4.91. The van der Waals surface area contributed by atoms with Gasteiger partial charge in [-0.3, -0.25) is 0 Å². The van der Waals surface area contributed by atoms with E-state index in [0.717, 1.165) is 25.0 Å². The van der Waals surface area contributed by atoms with Crippen molar-refractivity contribution in [1.82, 2.24) is 13.9 Å². The summed E-state index contributed by atoms with van der Waals surface area (Å²) < 4.78 is 33.8. The Morgan fingerprint density at radius 1 is 1.25 bits per heavy atom. The molecule has 0 atom stereocenters. The molecule has 1 fully saturated rings. The summed E-state index contributed by atoms with van der Waals surface area (Å²) in [6, 6.07) is 8.02. The Morgan fingerprint density at radius 3 is 2.58 bits per heavy atom. The van der Waals surface area contributed by atoms with E-state index in [1.165, 1.54) is 11.9 Å². The molecule has 6 nitrogen and oxygen atoms in total. The summed E-state index contributed by atoms with van der Waals surface area (Å²) in [5, 5.41) is 0.133. The van der Waals surface area contributed by atoms with Crippen LogP contribution >= 0.6 is 0 Å². The average molecular weight is 349 g/mol. The van der Waals surface area contributed by atoms with E-state index in [4.69, 9.17) is 4.74 Å². The van der Waals surface area contributed by atoms with Crippen molar-refractivity contribution in [2.75, 3.05) is 20.2 Å². The van der Waals surface area contributed by atoms with E-state index in [1.807, 2.05) is 18.2 Å². The fourth-order valence-electron chi connectivity index (χ4n) is 3.19. The zero-order chi connectivity index (χ0) is 17.2. The van der Waals surface area contributed by atoms with Gasteiger partial charge in [-0.2, -0.15) is 4.31 Å². The van der Waals surface area contributed by atoms with E-state index in [1.54, 1.807) is 29.2 Å². The highest BCUT2D eigenvalue weighted by Crippen LogP contribution is 2.28. The Bertz CT molecular complexity index is 793. The molecule has 0 unspecified atom stereocenters. The second-order valence-electron chi connectivity index (χ2n) is 6.24. The van der Waals surface area contributed by atoms with Crippen molar-refractivity contribution < 1.29 is 13.2 Å². The van der Waals surface area contributed by atoms with Crippen molar-refractivity contribution in [3.8, 4) is 5.75 Å². The van der Waals surface area contributed by atoms with Gasteiger partial charge in [0, 0.05) is 26.3 Å². The van der Waals surface area contributed by atoms with Gasteiger partial charge in [-0.15, -0.1) is 0 Å². The van der Waals surface area contributed by atoms with Gasteiger partial charge in [0.2, 0.25) is 0 Å². The van der Waals surface area contributed by atoms with Crippen molar-refractivity contribution in [3.63, 3.8) is 0 Å². The Balaban J connectivity index is 1.64. The lowest BCUT2D eigenvalue weighted by molar-refractivity contribution is 0.270. The highest BCUT2D eigenvalue weighted by Gasteiger charge is 2.31. The molecule has 0 bridgehead atoms. The first kappa shape index (κ1) is 17.0. The average Bonchev–Trinajstić information content (AvgIpc) is 3.03. The molecule has 0 amide bonds. The third kappa shape index (κ3) is 3.47. The van der Waals surface area contributed by atoms with Crippen LogP contribution in [0.15, 0.2) is 41.8 Å². The molecule has 3 rings (SSSR count). The Morgan fingerprint density at radius 2 is 1.96 bits per heavy atom. The summed E-state index contributed by atoms with van der Waals surface area (Å²) in [6.07, 6.45) is 5.69. The lowest BCUT2D eigenvalue weighted by atomic mass is 9.90. The summed E-state index contributed by atoms with van der Waals surface area (Å²) in [7, 11) is -0.0228. The molecule has 1 aliphatic heterocycles. The number of aryl methyl sites for hydroxylation is 1. The molecule has 1 aromatic carbocycles. The first-order valence-corrected chi connectivity index (χ1v) is 9.54. The quantitative estimate of drug-likeness (QED) is 0.829. The van der Waals surface area contributed by atoms with Crippen molar-refractivity contribution in [1.29, 1.82) is 0 Å². The van der Waals surface area contributed by atoms with E-state index in [2.05, 4.69) is 11.1 Å². The molecule has 0 spiro atoms. The van der Waals surface area contributed by atoms with Crippen LogP contribution in [0.3, 0.4) is 0 Å². The van der Waals surface area contributed by atoms with E-state index in [0.29, 0.717) is 19.0 Å². The molecule has 24 heavy (non-hydrogen) atoms. The van der Waals surface area contributed by atoms with E-state index in [-0.39, 0.29) is 5.03 Å². The van der Waals surface area contributed by atoms with Crippen LogP contribution < -0.4 is 4.74 Å². The minimum absolute atomic E-state index is 0.133. The van der Waals surface area contributed by atoms with Gasteiger partial charge in [-0.25, -0.2) is 13.4 Å². The van der Waals surface area contributed by atoms with Crippen LogP contribution in [-0.2, 0) is 23.5 Å². The molecule has 0 aliphatic carbocycles. The summed E-state index contributed by atoms with van der Waals surface area (Å²) in [4.78, 5) is 3.99. The third-order valence-corrected chi connectivity index (χ3v) is 6.34. The van der Waals surface area contributed by atoms with Crippen LogP contribution in [0.5, 0.6) is 5.75 Å². The molecule has 0 radical (unpaired) electrons. The van der Waals surface area contributed by atoms with E-state index < -0.39 is 10.0 Å². The molecule has 0 N–H and O–H groups in total. The fourth-order valence-corrected chi connectivity index (χ4v) is 4.63. The topological polar surface area (TPSA) is 64.4 Å². The second kappa shape index (κ2) is 6.94. The van der Waals surface area contributed by atoms with Crippen LogP contribution in [-0.4, -0.2) is 42.5 Å². The van der Waals surface area contributed by atoms with Gasteiger partial charge in [-0.05, 0) is 36.8 Å². The molecule has 2 heterocycles. The number of hydrogen-bond acceptors (Lipinski definition) is 4. The van der Waals surface area contributed by atoms with Crippen molar-refractivity contribution in [2.45, 2.75) is 24.3 Å². The molecular weight excluding hydrogens is 326 g/mol. The number of imidazole rings is 1. The summed E-state index contributed by atoms with van der Waals surface area (Å²) in [5.41, 5.74) is 1.19. The standard InChI is InChI=1S/C17H23N3O3S/c1-19-12-17(18-13-19)24(21,22)20-9-7-14(8-10-20)11-15-5-3-4-6-16(15)23-2/h3-6,12-14H,7-11H2,1-2H3. The predicted octanol–water partition coefficient (Wildman–Crippen LogP) is 2.07. The van der Waals surface area contributed by atoms with Crippen LogP contribution in [0, 0.1) is 5.92 Å². The third-order valence-electron chi connectivity index (χ3n) is 4.56. The predicted molar refractivity (Wildman–Crippen MR) is 91.4 cm³/mol. The summed E-state index contributed by atoms with van der Waals surface area (Å²) in [5.74, 6) is 1.37. The van der Waals surface area contributed by atoms with Crippen LogP contribution in [0.25, 0.3) is 0 Å². The minimum Gasteiger partial charge on any atom is -0.496 e. The maximum absolute atomic E-state index is 12.6. The highest BCUT2D eigenvalue weighted by molar-refractivity contribution is 7.89. The first-order valence-electron chi connectivity index (χ1n) is 8.10. The molecule has 1 aliphatic rings. The Hall–Kier alpha value is -1.86. The van der Waals surface area contributed by atoms with Gasteiger partial charge in [0.25, 0.3) is 10.0 Å². The van der Waals surface area contributed by atoms with Gasteiger partial charge in [-0.1, -0.05) is 18.2 Å². The minimum atomic E-state index is -3.47. The zero-order valence-electron chi connectivity index (χ0n) is 14.1. The maximum Gasteiger partial charge on any atom is 0.262 e. The fraction of sp³-hybridized carbons (Fsp3) is 0.471. The largest absolute Gasteiger partial charge is 0.496 e. The van der Waals surface area contributed by atoms with E-state index in [9.17, 15) is 8.42 Å². The van der Waals surface area contributed by atoms with Crippen molar-refractivity contribution >= 4 is 10.0 Å². The maximum atomic E-state index is 12.6. The normalized spacial score (nSPS) is 17.1. The van der Waals surface area contributed by atoms with Crippen molar-refractivity contribution in [3.05, 3.63) is 42.4 Å².